The summed E-state index contributed by atoms with van der Waals surface area (Å²) in [4.78, 5) is 4.15. The van der Waals surface area contributed by atoms with Gasteiger partial charge in [0.15, 0.2) is 0 Å². The van der Waals surface area contributed by atoms with Gasteiger partial charge in [0.05, 0.1) is 19.8 Å². The topological polar surface area (TPSA) is 62.0 Å². The first-order valence-electron chi connectivity index (χ1n) is 5.77. The van der Waals surface area contributed by atoms with E-state index in [-0.39, 0.29) is 12.3 Å². The molecule has 0 aliphatic rings. The van der Waals surface area contributed by atoms with E-state index in [1.165, 1.54) is 17.6 Å². The summed E-state index contributed by atoms with van der Waals surface area (Å²) < 4.78 is 5.08. The molecule has 100 valence electrons. The van der Waals surface area contributed by atoms with Gasteiger partial charge in [-0.15, -0.1) is 0 Å². The average Bonchev–Trinajstić information content (AvgIpc) is 2.95. The second-order valence-corrected chi connectivity index (χ2v) is 4.77. The van der Waals surface area contributed by atoms with E-state index in [9.17, 15) is 10.2 Å². The van der Waals surface area contributed by atoms with E-state index >= 15 is 0 Å². The predicted molar refractivity (Wildman–Crippen MR) is 76.4 cm³/mol. The van der Waals surface area contributed by atoms with Crippen LogP contribution in [-0.2, 0) is 0 Å². The van der Waals surface area contributed by atoms with Crippen molar-refractivity contribution in [2.45, 2.75) is 6.10 Å². The van der Waals surface area contributed by atoms with Gasteiger partial charge in [-0.25, -0.2) is 0 Å². The monoisotopic (exact) mass is 277 g/mol. The van der Waals surface area contributed by atoms with Crippen molar-refractivity contribution in [3.8, 4) is 11.5 Å². The molecule has 0 amide bonds. The minimum atomic E-state index is -0.616. The zero-order valence-corrected chi connectivity index (χ0v) is 11.3. The number of thiophene rings is 1. The number of methoxy groups -OCH3 is 1. The number of aromatic hydroxyl groups is 1. The lowest BCUT2D eigenvalue weighted by Crippen LogP contribution is -2.00. The van der Waals surface area contributed by atoms with Crippen molar-refractivity contribution in [1.82, 2.24) is 0 Å². The lowest BCUT2D eigenvalue weighted by molar-refractivity contribution is 0.188. The molecule has 4 nitrogen and oxygen atoms in total. The molecule has 0 saturated carbocycles. The van der Waals surface area contributed by atoms with Crippen LogP contribution >= 0.6 is 11.3 Å². The standard InChI is InChI=1S/C14H15NO3S/c1-18-12-2-3-13(16)11(6-12)7-15-8-14(17)10-4-5-19-9-10/h2-7,9,14,16-17H,8H2,1H3. The van der Waals surface area contributed by atoms with Crippen LogP contribution in [0.1, 0.15) is 17.2 Å². The summed E-state index contributed by atoms with van der Waals surface area (Å²) in [6.45, 7) is 0.257. The van der Waals surface area contributed by atoms with Crippen molar-refractivity contribution in [1.29, 1.82) is 0 Å². The molecule has 1 aromatic heterocycles. The molecule has 0 aliphatic carbocycles. The van der Waals surface area contributed by atoms with Crippen molar-refractivity contribution >= 4 is 17.6 Å². The zero-order valence-electron chi connectivity index (χ0n) is 10.5. The van der Waals surface area contributed by atoms with Crippen molar-refractivity contribution < 1.29 is 14.9 Å². The molecule has 1 aromatic carbocycles. The number of benzene rings is 1. The second kappa shape index (κ2) is 6.36. The Labute approximate surface area is 115 Å². The van der Waals surface area contributed by atoms with E-state index in [0.717, 1.165) is 5.56 Å². The van der Waals surface area contributed by atoms with Crippen LogP contribution < -0.4 is 4.74 Å². The molecule has 0 spiro atoms. The highest BCUT2D eigenvalue weighted by Gasteiger charge is 2.06. The highest BCUT2D eigenvalue weighted by molar-refractivity contribution is 7.07. The molecule has 0 saturated heterocycles. The van der Waals surface area contributed by atoms with Crippen LogP contribution in [0.15, 0.2) is 40.0 Å². The molecule has 1 atom stereocenters. The molecular formula is C14H15NO3S. The molecule has 5 heteroatoms. The Morgan fingerprint density at radius 2 is 2.26 bits per heavy atom. The third kappa shape index (κ3) is 3.56. The Morgan fingerprint density at radius 3 is 2.95 bits per heavy atom. The van der Waals surface area contributed by atoms with Gasteiger partial charge in [-0.3, -0.25) is 4.99 Å². The van der Waals surface area contributed by atoms with Crippen molar-refractivity contribution in [3.05, 3.63) is 46.2 Å². The number of aliphatic hydroxyl groups excluding tert-OH is 1. The zero-order chi connectivity index (χ0) is 13.7. The summed E-state index contributed by atoms with van der Waals surface area (Å²) in [5.74, 6) is 0.784. The van der Waals surface area contributed by atoms with E-state index in [2.05, 4.69) is 4.99 Å². The van der Waals surface area contributed by atoms with Gasteiger partial charge in [-0.2, -0.15) is 11.3 Å². The first kappa shape index (κ1) is 13.6. The van der Waals surface area contributed by atoms with Gasteiger partial charge in [0.2, 0.25) is 0 Å². The summed E-state index contributed by atoms with van der Waals surface area (Å²) in [7, 11) is 1.56. The average molecular weight is 277 g/mol. The number of hydrogen-bond donors (Lipinski definition) is 2. The van der Waals surface area contributed by atoms with Crippen LogP contribution in [0.25, 0.3) is 0 Å². The molecule has 2 aromatic rings. The van der Waals surface area contributed by atoms with Gasteiger partial charge in [0, 0.05) is 11.8 Å². The highest BCUT2D eigenvalue weighted by atomic mass is 32.1. The smallest absolute Gasteiger partial charge is 0.124 e. The number of rotatable bonds is 5. The summed E-state index contributed by atoms with van der Waals surface area (Å²) in [5, 5.41) is 23.3. The number of phenolic OH excluding ortho intramolecular Hbond substituents is 1. The lowest BCUT2D eigenvalue weighted by Gasteiger charge is -2.05. The van der Waals surface area contributed by atoms with Crippen LogP contribution in [0.5, 0.6) is 11.5 Å². The third-order valence-electron chi connectivity index (χ3n) is 2.67. The molecule has 1 unspecified atom stereocenters. The van der Waals surface area contributed by atoms with Crippen LogP contribution in [0.2, 0.25) is 0 Å². The number of aliphatic imine (C=N–C) groups is 1. The van der Waals surface area contributed by atoms with Gasteiger partial charge in [0.1, 0.15) is 11.5 Å². The van der Waals surface area contributed by atoms with E-state index in [0.29, 0.717) is 11.3 Å². The van der Waals surface area contributed by atoms with Crippen molar-refractivity contribution in [2.24, 2.45) is 4.99 Å². The van der Waals surface area contributed by atoms with Crippen LogP contribution in [-0.4, -0.2) is 30.1 Å². The maximum absolute atomic E-state index is 9.86. The van der Waals surface area contributed by atoms with Crippen LogP contribution in [0, 0.1) is 0 Å². The number of ether oxygens (including phenoxy) is 1. The third-order valence-corrected chi connectivity index (χ3v) is 3.37. The Balaban J connectivity index is 2.02. The fourth-order valence-corrected chi connectivity index (χ4v) is 2.29. The van der Waals surface area contributed by atoms with E-state index < -0.39 is 6.10 Å². The first-order valence-corrected chi connectivity index (χ1v) is 6.72. The fraction of sp³-hybridized carbons (Fsp3) is 0.214. The van der Waals surface area contributed by atoms with Gasteiger partial charge in [-0.05, 0) is 40.6 Å². The van der Waals surface area contributed by atoms with E-state index in [1.807, 2.05) is 16.8 Å². The van der Waals surface area contributed by atoms with Crippen molar-refractivity contribution in [2.75, 3.05) is 13.7 Å². The Bertz CT molecular complexity index is 552. The Morgan fingerprint density at radius 1 is 1.42 bits per heavy atom. The minimum absolute atomic E-state index is 0.134. The summed E-state index contributed by atoms with van der Waals surface area (Å²) >= 11 is 1.54. The molecular weight excluding hydrogens is 262 g/mol. The van der Waals surface area contributed by atoms with E-state index in [4.69, 9.17) is 4.74 Å². The lowest BCUT2D eigenvalue weighted by atomic mass is 10.2. The van der Waals surface area contributed by atoms with Gasteiger partial charge < -0.3 is 14.9 Å². The Hall–Kier alpha value is -1.85. The molecule has 19 heavy (non-hydrogen) atoms. The van der Waals surface area contributed by atoms with Gasteiger partial charge in [-0.1, -0.05) is 0 Å². The molecule has 2 N–H and O–H groups in total. The number of hydrogen-bond acceptors (Lipinski definition) is 5. The summed E-state index contributed by atoms with van der Waals surface area (Å²) in [6, 6.07) is 6.78. The minimum Gasteiger partial charge on any atom is -0.507 e. The van der Waals surface area contributed by atoms with Crippen molar-refractivity contribution in [3.63, 3.8) is 0 Å². The first-order chi connectivity index (χ1) is 9.20. The number of aliphatic hydroxyl groups is 1. The SMILES string of the molecule is COc1ccc(O)c(C=NCC(O)c2ccsc2)c1. The molecule has 2 rings (SSSR count). The number of phenols is 1. The Kier molecular flexibility index (Phi) is 4.54. The van der Waals surface area contributed by atoms with Crippen LogP contribution in [0.4, 0.5) is 0 Å². The highest BCUT2D eigenvalue weighted by Crippen LogP contribution is 2.21. The fourth-order valence-electron chi connectivity index (χ4n) is 1.58. The molecule has 0 fully saturated rings. The van der Waals surface area contributed by atoms with Gasteiger partial charge >= 0.3 is 0 Å². The second-order valence-electron chi connectivity index (χ2n) is 3.99. The molecule has 1 heterocycles. The molecule has 0 bridgehead atoms. The van der Waals surface area contributed by atoms with Crippen LogP contribution in [0.3, 0.4) is 0 Å². The maximum Gasteiger partial charge on any atom is 0.124 e. The predicted octanol–water partition coefficient (Wildman–Crippen LogP) is 2.61. The normalized spacial score (nSPS) is 12.7. The molecule has 0 aliphatic heterocycles. The quantitative estimate of drug-likeness (QED) is 0.826. The largest absolute Gasteiger partial charge is 0.507 e. The summed E-state index contributed by atoms with van der Waals surface area (Å²) in [6.07, 6.45) is 0.920. The summed E-state index contributed by atoms with van der Waals surface area (Å²) in [5.41, 5.74) is 1.42. The number of nitrogens with zero attached hydrogens (tertiary/aromatic N) is 1. The molecule has 0 radical (unpaired) electrons. The maximum atomic E-state index is 9.86. The van der Waals surface area contributed by atoms with Gasteiger partial charge in [0.25, 0.3) is 0 Å². The van der Waals surface area contributed by atoms with E-state index in [1.54, 1.807) is 25.3 Å².